The topological polar surface area (TPSA) is 67.8 Å². The van der Waals surface area contributed by atoms with Gasteiger partial charge in [0.25, 0.3) is 0 Å². The fourth-order valence-electron chi connectivity index (χ4n) is 1.17. The molecule has 0 aliphatic rings. The van der Waals surface area contributed by atoms with E-state index in [1.165, 1.54) is 7.11 Å². The van der Waals surface area contributed by atoms with E-state index in [4.69, 9.17) is 14.6 Å². The quantitative estimate of drug-likeness (QED) is 0.791. The first kappa shape index (κ1) is 11.2. The maximum absolute atomic E-state index is 10.3. The molecule has 15 heavy (non-hydrogen) atoms. The molecule has 0 bridgehead atoms. The lowest BCUT2D eigenvalue weighted by molar-refractivity contribution is 0.194. The Hall–Kier alpha value is -1.91. The molecule has 0 saturated heterocycles. The van der Waals surface area contributed by atoms with E-state index in [0.717, 1.165) is 5.56 Å². The summed E-state index contributed by atoms with van der Waals surface area (Å²) in [6.07, 6.45) is -1.06. The molecule has 0 aliphatic heterocycles. The van der Waals surface area contributed by atoms with Gasteiger partial charge >= 0.3 is 6.09 Å². The van der Waals surface area contributed by atoms with Crippen LogP contribution in [0.1, 0.15) is 5.56 Å². The highest BCUT2D eigenvalue weighted by Gasteiger charge is 2.05. The number of rotatable bonds is 4. The van der Waals surface area contributed by atoms with Crippen LogP contribution >= 0.6 is 0 Å². The van der Waals surface area contributed by atoms with E-state index in [0.29, 0.717) is 11.5 Å². The summed E-state index contributed by atoms with van der Waals surface area (Å²) in [5.74, 6) is 1.27. The number of ether oxygens (including phenoxy) is 2. The Morgan fingerprint density at radius 2 is 2.13 bits per heavy atom. The molecular formula is C10H13NO4. The van der Waals surface area contributed by atoms with Crippen molar-refractivity contribution in [3.05, 3.63) is 23.8 Å². The fourth-order valence-corrected chi connectivity index (χ4v) is 1.17. The van der Waals surface area contributed by atoms with Crippen molar-refractivity contribution in [2.45, 2.75) is 6.54 Å². The van der Waals surface area contributed by atoms with E-state index >= 15 is 0 Å². The fraction of sp³-hybridized carbons (Fsp3) is 0.300. The first-order valence-electron chi connectivity index (χ1n) is 4.35. The maximum atomic E-state index is 10.3. The summed E-state index contributed by atoms with van der Waals surface area (Å²) >= 11 is 0. The summed E-state index contributed by atoms with van der Waals surface area (Å²) in [7, 11) is 3.09. The summed E-state index contributed by atoms with van der Waals surface area (Å²) in [6, 6.07) is 5.22. The van der Waals surface area contributed by atoms with Crippen LogP contribution in [0, 0.1) is 0 Å². The largest absolute Gasteiger partial charge is 0.497 e. The highest BCUT2D eigenvalue weighted by atomic mass is 16.5. The molecule has 1 aromatic rings. The van der Waals surface area contributed by atoms with E-state index in [9.17, 15) is 4.79 Å². The summed E-state index contributed by atoms with van der Waals surface area (Å²) in [5.41, 5.74) is 0.765. The predicted octanol–water partition coefficient (Wildman–Crippen LogP) is 1.47. The van der Waals surface area contributed by atoms with Crippen molar-refractivity contribution >= 4 is 6.09 Å². The first-order chi connectivity index (χ1) is 7.17. The van der Waals surface area contributed by atoms with Crippen molar-refractivity contribution in [1.29, 1.82) is 0 Å². The normalized spacial score (nSPS) is 9.47. The molecule has 0 saturated carbocycles. The molecule has 5 nitrogen and oxygen atoms in total. The lowest BCUT2D eigenvalue weighted by Gasteiger charge is -2.09. The Balaban J connectivity index is 2.82. The Labute approximate surface area is 87.6 Å². The van der Waals surface area contributed by atoms with Crippen LogP contribution in [0.2, 0.25) is 0 Å². The highest BCUT2D eigenvalue weighted by molar-refractivity contribution is 5.64. The van der Waals surface area contributed by atoms with Gasteiger partial charge in [0.05, 0.1) is 14.2 Å². The molecule has 1 aromatic carbocycles. The minimum atomic E-state index is -1.06. The van der Waals surface area contributed by atoms with E-state index in [-0.39, 0.29) is 6.54 Å². The van der Waals surface area contributed by atoms with Crippen LogP contribution in [0.3, 0.4) is 0 Å². The lowest BCUT2D eigenvalue weighted by atomic mass is 10.2. The Bertz CT molecular complexity index is 351. The second-order valence-corrected chi connectivity index (χ2v) is 2.84. The number of carbonyl (C=O) groups is 1. The number of methoxy groups -OCH3 is 2. The number of nitrogens with one attached hydrogen (secondary N) is 1. The molecule has 0 atom stereocenters. The summed E-state index contributed by atoms with van der Waals surface area (Å²) < 4.78 is 10.1. The SMILES string of the molecule is COc1ccc(CNC(=O)O)c(OC)c1. The van der Waals surface area contributed by atoms with E-state index < -0.39 is 6.09 Å². The minimum Gasteiger partial charge on any atom is -0.497 e. The number of hydrogen-bond acceptors (Lipinski definition) is 3. The third kappa shape index (κ3) is 3.05. The van der Waals surface area contributed by atoms with Crippen LogP contribution in [0.25, 0.3) is 0 Å². The van der Waals surface area contributed by atoms with Gasteiger partial charge in [-0.05, 0) is 12.1 Å². The van der Waals surface area contributed by atoms with Gasteiger partial charge in [-0.15, -0.1) is 0 Å². The van der Waals surface area contributed by atoms with Gasteiger partial charge in [0.1, 0.15) is 11.5 Å². The highest BCUT2D eigenvalue weighted by Crippen LogP contribution is 2.24. The molecular weight excluding hydrogens is 198 g/mol. The number of benzene rings is 1. The van der Waals surface area contributed by atoms with Crippen molar-refractivity contribution < 1.29 is 19.4 Å². The standard InChI is InChI=1S/C10H13NO4/c1-14-8-4-3-7(6-11-10(12)13)9(5-8)15-2/h3-5,11H,6H2,1-2H3,(H,12,13). The van der Waals surface area contributed by atoms with Crippen LogP contribution in [-0.4, -0.2) is 25.4 Å². The summed E-state index contributed by atoms with van der Waals surface area (Å²) in [4.78, 5) is 10.3. The zero-order chi connectivity index (χ0) is 11.3. The van der Waals surface area contributed by atoms with Gasteiger partial charge in [-0.1, -0.05) is 0 Å². The average Bonchev–Trinajstić information content (AvgIpc) is 2.25. The first-order valence-corrected chi connectivity index (χ1v) is 4.35. The number of amides is 1. The second-order valence-electron chi connectivity index (χ2n) is 2.84. The van der Waals surface area contributed by atoms with Gasteiger partial charge < -0.3 is 19.9 Å². The number of hydrogen-bond donors (Lipinski definition) is 2. The molecule has 1 rings (SSSR count). The third-order valence-electron chi connectivity index (χ3n) is 1.92. The van der Waals surface area contributed by atoms with Gasteiger partial charge in [0.2, 0.25) is 0 Å². The zero-order valence-corrected chi connectivity index (χ0v) is 8.61. The van der Waals surface area contributed by atoms with Crippen LogP contribution < -0.4 is 14.8 Å². The molecule has 2 N–H and O–H groups in total. The van der Waals surface area contributed by atoms with E-state index in [1.54, 1.807) is 25.3 Å². The van der Waals surface area contributed by atoms with Crippen LogP contribution in [0.5, 0.6) is 11.5 Å². The average molecular weight is 211 g/mol. The monoisotopic (exact) mass is 211 g/mol. The lowest BCUT2D eigenvalue weighted by Crippen LogP contribution is -2.20. The third-order valence-corrected chi connectivity index (χ3v) is 1.92. The van der Waals surface area contributed by atoms with Gasteiger partial charge in [-0.2, -0.15) is 0 Å². The molecule has 0 spiro atoms. The summed E-state index contributed by atoms with van der Waals surface area (Å²) in [6.45, 7) is 0.211. The van der Waals surface area contributed by atoms with Crippen molar-refractivity contribution in [1.82, 2.24) is 5.32 Å². The van der Waals surface area contributed by atoms with Crippen LogP contribution in [0.15, 0.2) is 18.2 Å². The molecule has 0 unspecified atom stereocenters. The summed E-state index contributed by atoms with van der Waals surface area (Å²) in [5, 5.41) is 10.7. The molecule has 5 heteroatoms. The van der Waals surface area contributed by atoms with Gasteiger partial charge in [-0.25, -0.2) is 4.79 Å². The van der Waals surface area contributed by atoms with E-state index in [1.807, 2.05) is 0 Å². The van der Waals surface area contributed by atoms with Crippen LogP contribution in [-0.2, 0) is 6.54 Å². The molecule has 0 radical (unpaired) electrons. The molecule has 0 fully saturated rings. The van der Waals surface area contributed by atoms with Crippen molar-refractivity contribution in [3.8, 4) is 11.5 Å². The zero-order valence-electron chi connectivity index (χ0n) is 8.61. The minimum absolute atomic E-state index is 0.211. The molecule has 82 valence electrons. The van der Waals surface area contributed by atoms with Crippen molar-refractivity contribution in [2.24, 2.45) is 0 Å². The Morgan fingerprint density at radius 1 is 1.40 bits per heavy atom. The predicted molar refractivity (Wildman–Crippen MR) is 54.4 cm³/mol. The molecule has 0 heterocycles. The van der Waals surface area contributed by atoms with Gasteiger partial charge in [-0.3, -0.25) is 0 Å². The second kappa shape index (κ2) is 5.09. The van der Waals surface area contributed by atoms with Crippen molar-refractivity contribution in [2.75, 3.05) is 14.2 Å². The smallest absolute Gasteiger partial charge is 0.404 e. The molecule has 0 aliphatic carbocycles. The number of carboxylic acid groups (broad SMARTS) is 1. The van der Waals surface area contributed by atoms with Gasteiger partial charge in [0, 0.05) is 18.2 Å². The Kier molecular flexibility index (Phi) is 3.79. The van der Waals surface area contributed by atoms with E-state index in [2.05, 4.69) is 5.32 Å². The Morgan fingerprint density at radius 3 is 2.67 bits per heavy atom. The van der Waals surface area contributed by atoms with Gasteiger partial charge in [0.15, 0.2) is 0 Å². The molecule has 0 aromatic heterocycles. The van der Waals surface area contributed by atoms with Crippen molar-refractivity contribution in [3.63, 3.8) is 0 Å². The maximum Gasteiger partial charge on any atom is 0.404 e. The molecule has 1 amide bonds. The van der Waals surface area contributed by atoms with Crippen LogP contribution in [0.4, 0.5) is 4.79 Å².